The first-order valence-electron chi connectivity index (χ1n) is 13.1. The maximum Gasteiger partial charge on any atom is 0.264 e. The van der Waals surface area contributed by atoms with Crippen LogP contribution >= 0.6 is 15.9 Å². The molecule has 0 fully saturated rings. The van der Waals surface area contributed by atoms with Gasteiger partial charge in [-0.3, -0.25) is 13.9 Å². The quantitative estimate of drug-likeness (QED) is 0.279. The number of rotatable bonds is 13. The van der Waals surface area contributed by atoms with Crippen molar-refractivity contribution in [2.75, 3.05) is 24.0 Å². The van der Waals surface area contributed by atoms with Crippen LogP contribution in [0.4, 0.5) is 5.69 Å². The monoisotopic (exact) mass is 629 g/mol. The maximum atomic E-state index is 13.9. The van der Waals surface area contributed by atoms with Crippen LogP contribution in [0.2, 0.25) is 0 Å². The number of amides is 2. The van der Waals surface area contributed by atoms with Gasteiger partial charge in [-0.05, 0) is 73.9 Å². The summed E-state index contributed by atoms with van der Waals surface area (Å²) in [7, 11) is -4.14. The normalized spacial score (nSPS) is 12.1. The van der Waals surface area contributed by atoms with E-state index in [0.29, 0.717) is 24.6 Å². The Kier molecular flexibility index (Phi) is 11.2. The Bertz CT molecular complexity index is 1360. The van der Waals surface area contributed by atoms with Crippen molar-refractivity contribution >= 4 is 43.5 Å². The second-order valence-electron chi connectivity index (χ2n) is 9.71. The molecule has 8 nitrogen and oxygen atoms in total. The van der Waals surface area contributed by atoms with Gasteiger partial charge in [0.05, 0.1) is 17.2 Å². The first-order chi connectivity index (χ1) is 19.0. The number of ether oxygens (including phenoxy) is 1. The molecule has 0 saturated heterocycles. The lowest BCUT2D eigenvalue weighted by Crippen LogP contribution is -2.51. The number of carbonyl (C=O) groups excluding carboxylic acids is 2. The number of carbonyl (C=O) groups is 2. The second kappa shape index (κ2) is 14.3. The Labute approximate surface area is 245 Å². The number of anilines is 1. The summed E-state index contributed by atoms with van der Waals surface area (Å²) in [5, 5.41) is 2.88. The molecule has 3 rings (SSSR count). The molecule has 0 heterocycles. The van der Waals surface area contributed by atoms with Crippen molar-refractivity contribution < 1.29 is 22.7 Å². The van der Waals surface area contributed by atoms with Gasteiger partial charge in [-0.2, -0.15) is 0 Å². The van der Waals surface area contributed by atoms with Gasteiger partial charge in [0.2, 0.25) is 11.8 Å². The third kappa shape index (κ3) is 8.32. The van der Waals surface area contributed by atoms with E-state index in [4.69, 9.17) is 4.74 Å². The van der Waals surface area contributed by atoms with E-state index in [0.717, 1.165) is 14.3 Å². The van der Waals surface area contributed by atoms with Gasteiger partial charge in [-0.15, -0.1) is 0 Å². The molecule has 0 bridgehead atoms. The zero-order valence-electron chi connectivity index (χ0n) is 23.2. The Hall–Kier alpha value is -3.37. The highest BCUT2D eigenvalue weighted by Gasteiger charge is 2.32. The van der Waals surface area contributed by atoms with E-state index in [1.54, 1.807) is 49.4 Å². The van der Waals surface area contributed by atoms with Gasteiger partial charge in [-0.25, -0.2) is 8.42 Å². The van der Waals surface area contributed by atoms with Gasteiger partial charge in [0.1, 0.15) is 18.3 Å². The molecule has 1 atom stereocenters. The van der Waals surface area contributed by atoms with E-state index in [9.17, 15) is 18.0 Å². The minimum Gasteiger partial charge on any atom is -0.494 e. The third-order valence-corrected chi connectivity index (χ3v) is 8.48. The van der Waals surface area contributed by atoms with Crippen molar-refractivity contribution in [1.82, 2.24) is 10.2 Å². The number of benzene rings is 3. The van der Waals surface area contributed by atoms with Crippen LogP contribution in [0.3, 0.4) is 0 Å². The van der Waals surface area contributed by atoms with E-state index in [1.807, 2.05) is 45.0 Å². The van der Waals surface area contributed by atoms with Crippen LogP contribution in [0.1, 0.15) is 33.3 Å². The number of nitrogens with one attached hydrogen (secondary N) is 1. The standard InChI is InChI=1S/C30H36BrN3O5S/c1-5-39-27-15-17-28(18-16-27)40(37,38)34(26-9-7-6-8-10-26)21-29(35)33(20-24-11-13-25(31)14-12-24)23(4)30(36)32-19-22(2)3/h6-18,22-23H,5,19-21H2,1-4H3,(H,32,36). The third-order valence-electron chi connectivity index (χ3n) is 6.16. The van der Waals surface area contributed by atoms with Crippen LogP contribution in [0, 0.1) is 5.92 Å². The van der Waals surface area contributed by atoms with Gasteiger partial charge >= 0.3 is 0 Å². The fraction of sp³-hybridized carbons (Fsp3) is 0.333. The summed E-state index contributed by atoms with van der Waals surface area (Å²) in [6.45, 7) is 8.03. The summed E-state index contributed by atoms with van der Waals surface area (Å²) < 4.78 is 35.2. The average molecular weight is 631 g/mol. The molecule has 2 amide bonds. The van der Waals surface area contributed by atoms with Crippen LogP contribution in [-0.2, 0) is 26.2 Å². The van der Waals surface area contributed by atoms with Crippen LogP contribution in [0.5, 0.6) is 5.75 Å². The fourth-order valence-electron chi connectivity index (χ4n) is 3.95. The molecular weight excluding hydrogens is 594 g/mol. The topological polar surface area (TPSA) is 96.0 Å². The van der Waals surface area contributed by atoms with E-state index >= 15 is 0 Å². The first-order valence-corrected chi connectivity index (χ1v) is 15.4. The van der Waals surface area contributed by atoms with Crippen molar-refractivity contribution in [1.29, 1.82) is 0 Å². The van der Waals surface area contributed by atoms with Crippen LogP contribution in [0.25, 0.3) is 0 Å². The number of hydrogen-bond donors (Lipinski definition) is 1. The van der Waals surface area contributed by atoms with Crippen molar-refractivity contribution in [3.8, 4) is 5.75 Å². The summed E-state index contributed by atoms with van der Waals surface area (Å²) in [6.07, 6.45) is 0. The Morgan fingerprint density at radius 2 is 1.55 bits per heavy atom. The lowest BCUT2D eigenvalue weighted by atomic mass is 10.1. The highest BCUT2D eigenvalue weighted by atomic mass is 79.9. The molecule has 214 valence electrons. The van der Waals surface area contributed by atoms with Crippen molar-refractivity contribution in [3.63, 3.8) is 0 Å². The van der Waals surface area contributed by atoms with Crippen molar-refractivity contribution in [2.45, 2.75) is 45.2 Å². The zero-order chi connectivity index (χ0) is 29.3. The Balaban J connectivity index is 1.97. The van der Waals surface area contributed by atoms with Crippen LogP contribution < -0.4 is 14.4 Å². The number of nitrogens with zero attached hydrogens (tertiary/aromatic N) is 2. The van der Waals surface area contributed by atoms with Crippen LogP contribution in [-0.4, -0.2) is 50.9 Å². The summed E-state index contributed by atoms with van der Waals surface area (Å²) >= 11 is 3.42. The number of sulfonamides is 1. The average Bonchev–Trinajstić information content (AvgIpc) is 2.94. The highest BCUT2D eigenvalue weighted by molar-refractivity contribution is 9.10. The molecule has 1 N–H and O–H groups in total. The van der Waals surface area contributed by atoms with E-state index in [1.165, 1.54) is 17.0 Å². The van der Waals surface area contributed by atoms with Gasteiger partial charge in [0.25, 0.3) is 10.0 Å². The number of halogens is 1. The minimum absolute atomic E-state index is 0.0230. The molecular formula is C30H36BrN3O5S. The molecule has 3 aromatic carbocycles. The molecule has 10 heteroatoms. The predicted octanol–water partition coefficient (Wildman–Crippen LogP) is 5.23. The smallest absolute Gasteiger partial charge is 0.264 e. The SMILES string of the molecule is CCOc1ccc(S(=O)(=O)N(CC(=O)N(Cc2ccc(Br)cc2)C(C)C(=O)NCC(C)C)c2ccccc2)cc1. The zero-order valence-corrected chi connectivity index (χ0v) is 25.6. The predicted molar refractivity (Wildman–Crippen MR) is 161 cm³/mol. The summed E-state index contributed by atoms with van der Waals surface area (Å²) in [5.41, 5.74) is 1.14. The molecule has 0 aromatic heterocycles. The number of hydrogen-bond acceptors (Lipinski definition) is 5. The second-order valence-corrected chi connectivity index (χ2v) is 12.5. The lowest BCUT2D eigenvalue weighted by molar-refractivity contribution is -0.139. The maximum absolute atomic E-state index is 13.9. The highest BCUT2D eigenvalue weighted by Crippen LogP contribution is 2.26. The molecule has 0 aliphatic rings. The summed E-state index contributed by atoms with van der Waals surface area (Å²) in [4.78, 5) is 28.4. The largest absolute Gasteiger partial charge is 0.494 e. The molecule has 3 aromatic rings. The Morgan fingerprint density at radius 1 is 0.925 bits per heavy atom. The van der Waals surface area contributed by atoms with Crippen molar-refractivity contribution in [2.24, 2.45) is 5.92 Å². The first kappa shape index (κ1) is 31.2. The molecule has 0 aliphatic carbocycles. The number of para-hydroxylation sites is 1. The van der Waals surface area contributed by atoms with E-state index in [-0.39, 0.29) is 23.3 Å². The minimum atomic E-state index is -4.14. The van der Waals surface area contributed by atoms with Crippen molar-refractivity contribution in [3.05, 3.63) is 88.9 Å². The summed E-state index contributed by atoms with van der Waals surface area (Å²) in [5.74, 6) is -0.0291. The van der Waals surface area contributed by atoms with Gasteiger partial charge < -0.3 is 15.0 Å². The van der Waals surface area contributed by atoms with Crippen LogP contribution in [0.15, 0.2) is 88.2 Å². The van der Waals surface area contributed by atoms with E-state index < -0.39 is 28.5 Å². The van der Waals surface area contributed by atoms with Gasteiger partial charge in [-0.1, -0.05) is 60.1 Å². The molecule has 40 heavy (non-hydrogen) atoms. The lowest BCUT2D eigenvalue weighted by Gasteiger charge is -2.32. The fourth-order valence-corrected chi connectivity index (χ4v) is 5.62. The molecule has 0 saturated carbocycles. The molecule has 0 spiro atoms. The molecule has 0 radical (unpaired) electrons. The summed E-state index contributed by atoms with van der Waals surface area (Å²) in [6, 6.07) is 21.1. The van der Waals surface area contributed by atoms with E-state index in [2.05, 4.69) is 21.2 Å². The van der Waals surface area contributed by atoms with Gasteiger partial charge in [0, 0.05) is 17.6 Å². The molecule has 0 aliphatic heterocycles. The van der Waals surface area contributed by atoms with Gasteiger partial charge in [0.15, 0.2) is 0 Å². The molecule has 1 unspecified atom stereocenters. The Morgan fingerprint density at radius 3 is 2.12 bits per heavy atom.